The summed E-state index contributed by atoms with van der Waals surface area (Å²) in [5.74, 6) is 0.466. The quantitative estimate of drug-likeness (QED) is 0.893. The van der Waals surface area contributed by atoms with Crippen LogP contribution in [0.4, 0.5) is 5.69 Å². The van der Waals surface area contributed by atoms with Gasteiger partial charge in [0.25, 0.3) is 5.91 Å². The van der Waals surface area contributed by atoms with Crippen molar-refractivity contribution in [2.75, 3.05) is 38.0 Å². The maximum absolute atomic E-state index is 12.7. The minimum Gasteiger partial charge on any atom is -0.361 e. The highest BCUT2D eigenvalue weighted by atomic mass is 16.5. The Morgan fingerprint density at radius 3 is 2.44 bits per heavy atom. The van der Waals surface area contributed by atoms with Crippen molar-refractivity contribution in [2.24, 2.45) is 0 Å². The Labute approximate surface area is 159 Å². The predicted octanol–water partition coefficient (Wildman–Crippen LogP) is 2.30. The zero-order valence-corrected chi connectivity index (χ0v) is 16.3. The number of benzene rings is 1. The number of aromatic nitrogens is 1. The fraction of sp³-hybridized carbons (Fsp3) is 0.450. The summed E-state index contributed by atoms with van der Waals surface area (Å²) in [5.41, 5.74) is 4.26. The molecule has 7 heteroatoms. The highest BCUT2D eigenvalue weighted by Gasteiger charge is 2.27. The molecular formula is C20H26N4O3. The van der Waals surface area contributed by atoms with E-state index in [2.05, 4.69) is 15.4 Å². The molecule has 0 bridgehead atoms. The summed E-state index contributed by atoms with van der Waals surface area (Å²) in [7, 11) is 0. The number of carbonyl (C=O) groups is 2. The fourth-order valence-corrected chi connectivity index (χ4v) is 3.33. The molecule has 1 aromatic heterocycles. The van der Waals surface area contributed by atoms with Crippen LogP contribution in [0.2, 0.25) is 0 Å². The Balaban J connectivity index is 1.53. The van der Waals surface area contributed by atoms with Gasteiger partial charge in [0, 0.05) is 31.9 Å². The molecule has 1 saturated heterocycles. The number of aryl methyl sites for hydroxylation is 3. The largest absolute Gasteiger partial charge is 0.361 e. The van der Waals surface area contributed by atoms with Crippen LogP contribution < -0.4 is 5.32 Å². The molecule has 1 N–H and O–H groups in total. The maximum Gasteiger partial charge on any atom is 0.259 e. The third kappa shape index (κ3) is 4.19. The lowest BCUT2D eigenvalue weighted by molar-refractivity contribution is -0.117. The van der Waals surface area contributed by atoms with E-state index in [0.717, 1.165) is 16.8 Å². The molecule has 0 unspecified atom stereocenters. The van der Waals surface area contributed by atoms with Gasteiger partial charge >= 0.3 is 0 Å². The van der Waals surface area contributed by atoms with Gasteiger partial charge in [0.2, 0.25) is 5.91 Å². The van der Waals surface area contributed by atoms with Crippen molar-refractivity contribution >= 4 is 17.5 Å². The van der Waals surface area contributed by atoms with E-state index < -0.39 is 0 Å². The van der Waals surface area contributed by atoms with Crippen LogP contribution in [0.15, 0.2) is 22.7 Å². The molecule has 0 spiro atoms. The molecule has 1 aliphatic heterocycles. The molecule has 3 rings (SSSR count). The highest BCUT2D eigenvalue weighted by molar-refractivity contribution is 5.96. The van der Waals surface area contributed by atoms with Crippen LogP contribution >= 0.6 is 0 Å². The second-order valence-corrected chi connectivity index (χ2v) is 7.06. The Bertz CT molecular complexity index is 831. The van der Waals surface area contributed by atoms with E-state index in [-0.39, 0.29) is 11.8 Å². The fourth-order valence-electron chi connectivity index (χ4n) is 3.33. The minimum absolute atomic E-state index is 0.0331. The second-order valence-electron chi connectivity index (χ2n) is 7.06. The molecule has 0 radical (unpaired) electrons. The van der Waals surface area contributed by atoms with E-state index in [1.54, 1.807) is 18.7 Å². The van der Waals surface area contributed by atoms with Gasteiger partial charge in [0.1, 0.15) is 11.3 Å². The Morgan fingerprint density at radius 2 is 1.81 bits per heavy atom. The Morgan fingerprint density at radius 1 is 1.11 bits per heavy atom. The summed E-state index contributed by atoms with van der Waals surface area (Å²) < 4.78 is 5.09. The number of nitrogens with one attached hydrogen (secondary N) is 1. The molecule has 0 saturated carbocycles. The molecule has 1 aromatic carbocycles. The van der Waals surface area contributed by atoms with Gasteiger partial charge in [0.15, 0.2) is 0 Å². The molecule has 2 amide bonds. The van der Waals surface area contributed by atoms with Crippen molar-refractivity contribution < 1.29 is 14.1 Å². The van der Waals surface area contributed by atoms with Gasteiger partial charge in [-0.3, -0.25) is 14.5 Å². The van der Waals surface area contributed by atoms with Crippen molar-refractivity contribution in [1.29, 1.82) is 0 Å². The van der Waals surface area contributed by atoms with Crippen molar-refractivity contribution in [1.82, 2.24) is 15.0 Å². The smallest absolute Gasteiger partial charge is 0.259 e. The Kier molecular flexibility index (Phi) is 5.60. The molecule has 27 heavy (non-hydrogen) atoms. The lowest BCUT2D eigenvalue weighted by Gasteiger charge is -2.34. The molecule has 144 valence electrons. The summed E-state index contributed by atoms with van der Waals surface area (Å²) in [4.78, 5) is 28.9. The van der Waals surface area contributed by atoms with Crippen LogP contribution in [0.1, 0.15) is 32.9 Å². The zero-order chi connectivity index (χ0) is 19.6. The average Bonchev–Trinajstić information content (AvgIpc) is 2.97. The molecule has 7 nitrogen and oxygen atoms in total. The normalized spacial score (nSPS) is 15.0. The van der Waals surface area contributed by atoms with Crippen molar-refractivity contribution in [3.8, 4) is 0 Å². The summed E-state index contributed by atoms with van der Waals surface area (Å²) in [5, 5.41) is 6.84. The van der Waals surface area contributed by atoms with Crippen LogP contribution in [-0.2, 0) is 4.79 Å². The molecule has 1 fully saturated rings. The summed E-state index contributed by atoms with van der Waals surface area (Å²) >= 11 is 0. The SMILES string of the molecule is Cc1cccc(NC(=O)CN2CCN(C(=O)c3c(C)noc3C)CC2)c1C. The van der Waals surface area contributed by atoms with Crippen LogP contribution in [-0.4, -0.2) is 59.5 Å². The number of hydrogen-bond acceptors (Lipinski definition) is 5. The first-order chi connectivity index (χ1) is 12.9. The van der Waals surface area contributed by atoms with Crippen LogP contribution in [0.3, 0.4) is 0 Å². The topological polar surface area (TPSA) is 78.7 Å². The first-order valence-electron chi connectivity index (χ1n) is 9.17. The molecule has 1 aliphatic rings. The van der Waals surface area contributed by atoms with Crippen molar-refractivity contribution in [3.05, 3.63) is 46.3 Å². The van der Waals surface area contributed by atoms with Crippen LogP contribution in [0.5, 0.6) is 0 Å². The summed E-state index contributed by atoms with van der Waals surface area (Å²) in [6.45, 7) is 10.4. The van der Waals surface area contributed by atoms with Gasteiger partial charge in [-0.1, -0.05) is 17.3 Å². The standard InChI is InChI=1S/C20H26N4O3/c1-13-6-5-7-17(14(13)2)21-18(25)12-23-8-10-24(11-9-23)20(26)19-15(3)22-27-16(19)4/h5-7H,8-12H2,1-4H3,(H,21,25). The summed E-state index contributed by atoms with van der Waals surface area (Å²) in [6, 6.07) is 5.89. The zero-order valence-electron chi connectivity index (χ0n) is 16.3. The van der Waals surface area contributed by atoms with Gasteiger partial charge < -0.3 is 14.7 Å². The number of amides is 2. The predicted molar refractivity (Wildman–Crippen MR) is 103 cm³/mol. The van der Waals surface area contributed by atoms with Gasteiger partial charge in [-0.2, -0.15) is 0 Å². The molecule has 2 heterocycles. The van der Waals surface area contributed by atoms with Crippen LogP contribution in [0.25, 0.3) is 0 Å². The number of hydrogen-bond donors (Lipinski definition) is 1. The maximum atomic E-state index is 12.7. The minimum atomic E-state index is -0.0502. The van der Waals surface area contributed by atoms with E-state index in [9.17, 15) is 9.59 Å². The van der Waals surface area contributed by atoms with Gasteiger partial charge in [-0.25, -0.2) is 0 Å². The third-order valence-corrected chi connectivity index (χ3v) is 5.15. The van der Waals surface area contributed by atoms with E-state index in [0.29, 0.717) is 49.7 Å². The first kappa shape index (κ1) is 19.1. The second kappa shape index (κ2) is 7.92. The van der Waals surface area contributed by atoms with E-state index in [1.165, 1.54) is 0 Å². The van der Waals surface area contributed by atoms with Crippen LogP contribution in [0, 0.1) is 27.7 Å². The van der Waals surface area contributed by atoms with E-state index in [4.69, 9.17) is 4.52 Å². The number of carbonyl (C=O) groups excluding carboxylic acids is 2. The molecule has 0 atom stereocenters. The van der Waals surface area contributed by atoms with Crippen molar-refractivity contribution in [2.45, 2.75) is 27.7 Å². The first-order valence-corrected chi connectivity index (χ1v) is 9.17. The molecular weight excluding hydrogens is 344 g/mol. The lowest BCUT2D eigenvalue weighted by atomic mass is 10.1. The monoisotopic (exact) mass is 370 g/mol. The lowest BCUT2D eigenvalue weighted by Crippen LogP contribution is -2.50. The average molecular weight is 370 g/mol. The summed E-state index contributed by atoms with van der Waals surface area (Å²) in [6.07, 6.45) is 0. The van der Waals surface area contributed by atoms with Gasteiger partial charge in [-0.15, -0.1) is 0 Å². The van der Waals surface area contributed by atoms with Gasteiger partial charge in [-0.05, 0) is 44.9 Å². The van der Waals surface area contributed by atoms with E-state index >= 15 is 0 Å². The van der Waals surface area contributed by atoms with Gasteiger partial charge in [0.05, 0.1) is 12.2 Å². The molecule has 2 aromatic rings. The highest BCUT2D eigenvalue weighted by Crippen LogP contribution is 2.19. The van der Waals surface area contributed by atoms with Crippen molar-refractivity contribution in [3.63, 3.8) is 0 Å². The number of rotatable bonds is 4. The number of nitrogens with zero attached hydrogens (tertiary/aromatic N) is 3. The third-order valence-electron chi connectivity index (χ3n) is 5.15. The Hall–Kier alpha value is -2.67. The number of piperazine rings is 1. The number of anilines is 1. The molecule has 0 aliphatic carbocycles. The van der Waals surface area contributed by atoms with E-state index in [1.807, 2.05) is 32.0 Å².